The van der Waals surface area contributed by atoms with Crippen LogP contribution in [0, 0.1) is 11.8 Å². The highest BCUT2D eigenvalue weighted by atomic mass is 35.5. The average Bonchev–Trinajstić information content (AvgIpc) is 3.37. The van der Waals surface area contributed by atoms with Crippen LogP contribution in [0.15, 0.2) is 77.2 Å². The van der Waals surface area contributed by atoms with Gasteiger partial charge in [0.15, 0.2) is 0 Å². The number of allylic oxidation sites excluding steroid dienone is 3. The molecule has 3 atom stereocenters. The molecule has 164 valence electrons. The van der Waals surface area contributed by atoms with Gasteiger partial charge in [0.25, 0.3) is 5.91 Å². The minimum atomic E-state index is -0.955. The van der Waals surface area contributed by atoms with E-state index in [-0.39, 0.29) is 17.7 Å². The maximum Gasteiger partial charge on any atom is 0.256 e. The van der Waals surface area contributed by atoms with E-state index in [1.807, 2.05) is 55.5 Å². The number of nitrogens with zero attached hydrogens (tertiary/aromatic N) is 1. The molecular weight excluding hydrogens is 452 g/mol. The Kier molecular flexibility index (Phi) is 8.26. The van der Waals surface area contributed by atoms with Crippen LogP contribution in [0.5, 0.6) is 0 Å². The second-order valence-electron chi connectivity index (χ2n) is 8.17. The number of hydrogen-bond acceptors (Lipinski definition) is 2. The van der Waals surface area contributed by atoms with Gasteiger partial charge in [0, 0.05) is 29.4 Å². The number of halogens is 3. The van der Waals surface area contributed by atoms with Crippen molar-refractivity contribution in [1.29, 1.82) is 0 Å². The van der Waals surface area contributed by atoms with E-state index in [1.165, 1.54) is 11.9 Å². The molecule has 1 amide bonds. The lowest BCUT2D eigenvalue weighted by Gasteiger charge is -2.22. The Bertz CT molecular complexity index is 977. The molecule has 1 fully saturated rings. The molecule has 1 aliphatic carbocycles. The van der Waals surface area contributed by atoms with Crippen molar-refractivity contribution in [1.82, 2.24) is 4.31 Å². The summed E-state index contributed by atoms with van der Waals surface area (Å²) in [4.78, 5) is 13.9. The summed E-state index contributed by atoms with van der Waals surface area (Å²) in [6.07, 6.45) is 4.32. The number of amides is 1. The summed E-state index contributed by atoms with van der Waals surface area (Å²) in [5.41, 5.74) is 1.64. The Hall–Kier alpha value is -1.75. The third-order valence-electron chi connectivity index (χ3n) is 4.98. The average molecular weight is 478 g/mol. The highest BCUT2D eigenvalue weighted by Gasteiger charge is 2.50. The van der Waals surface area contributed by atoms with Crippen molar-refractivity contribution >= 4 is 41.1 Å². The normalized spacial score (nSPS) is 21.0. The van der Waals surface area contributed by atoms with Gasteiger partial charge in [-0.1, -0.05) is 73.5 Å². The Morgan fingerprint density at radius 1 is 1.16 bits per heavy atom. The van der Waals surface area contributed by atoms with Gasteiger partial charge in [-0.2, -0.15) is 0 Å². The molecule has 0 aromatic heterocycles. The van der Waals surface area contributed by atoms with E-state index in [0.29, 0.717) is 22.5 Å². The monoisotopic (exact) mass is 477 g/mol. The maximum absolute atomic E-state index is 14.4. The predicted octanol–water partition coefficient (Wildman–Crippen LogP) is 7.74. The van der Waals surface area contributed by atoms with Crippen LogP contribution in [-0.4, -0.2) is 22.9 Å². The van der Waals surface area contributed by atoms with Gasteiger partial charge in [0.05, 0.1) is 10.0 Å². The molecule has 2 aromatic carbocycles. The Morgan fingerprint density at radius 2 is 1.87 bits per heavy atom. The summed E-state index contributed by atoms with van der Waals surface area (Å²) in [7, 11) is 0. The molecule has 0 saturated heterocycles. The van der Waals surface area contributed by atoms with E-state index in [9.17, 15) is 9.18 Å². The van der Waals surface area contributed by atoms with E-state index < -0.39 is 6.17 Å². The van der Waals surface area contributed by atoms with Gasteiger partial charge in [-0.15, -0.1) is 0 Å². The van der Waals surface area contributed by atoms with Crippen LogP contribution in [0.25, 0.3) is 0 Å². The number of rotatable bonds is 8. The maximum atomic E-state index is 14.4. The standard InChI is InChI=1S/C25H26Cl2FNOS/c1-16(2)15-29(31-19-7-5-4-6-8-19)23(30)13-17(3)9-11-20-24(25(20)28)18-10-12-21(26)22(27)14-18/h4-14,16,20,24-25H,15H2,1-3H3/b11-9+,17-13+. The molecule has 3 rings (SSSR count). The number of carbonyl (C=O) groups is 1. The molecule has 1 aliphatic rings. The molecular formula is C25H26Cl2FNOS. The topological polar surface area (TPSA) is 20.3 Å². The number of benzene rings is 2. The molecule has 0 radical (unpaired) electrons. The van der Waals surface area contributed by atoms with Gasteiger partial charge < -0.3 is 0 Å². The fourth-order valence-corrected chi connectivity index (χ4v) is 4.69. The first-order valence-corrected chi connectivity index (χ1v) is 11.8. The van der Waals surface area contributed by atoms with Crippen LogP contribution in [0.2, 0.25) is 10.0 Å². The van der Waals surface area contributed by atoms with Gasteiger partial charge in [0.2, 0.25) is 0 Å². The summed E-state index contributed by atoms with van der Waals surface area (Å²) in [5.74, 6) is -0.171. The minimum absolute atomic E-state index is 0.0710. The van der Waals surface area contributed by atoms with Gasteiger partial charge in [-0.25, -0.2) is 4.39 Å². The third kappa shape index (κ3) is 6.61. The highest BCUT2D eigenvalue weighted by molar-refractivity contribution is 7.97. The first kappa shape index (κ1) is 23.9. The summed E-state index contributed by atoms with van der Waals surface area (Å²) < 4.78 is 16.1. The summed E-state index contributed by atoms with van der Waals surface area (Å²) in [6, 6.07) is 15.1. The Balaban J connectivity index is 1.65. The summed E-state index contributed by atoms with van der Waals surface area (Å²) >= 11 is 13.5. The molecule has 31 heavy (non-hydrogen) atoms. The van der Waals surface area contributed by atoms with E-state index >= 15 is 0 Å². The summed E-state index contributed by atoms with van der Waals surface area (Å²) in [6.45, 7) is 6.67. The molecule has 0 spiro atoms. The fraction of sp³-hybridized carbons (Fsp3) is 0.320. The molecule has 6 heteroatoms. The van der Waals surface area contributed by atoms with Crippen LogP contribution < -0.4 is 0 Å². The number of alkyl halides is 1. The van der Waals surface area contributed by atoms with Crippen molar-refractivity contribution < 1.29 is 9.18 Å². The smallest absolute Gasteiger partial charge is 0.256 e. The van der Waals surface area contributed by atoms with E-state index in [2.05, 4.69) is 13.8 Å². The molecule has 0 bridgehead atoms. The van der Waals surface area contributed by atoms with Crippen molar-refractivity contribution in [2.75, 3.05) is 6.54 Å². The molecule has 3 unspecified atom stereocenters. The van der Waals surface area contributed by atoms with Crippen molar-refractivity contribution in [3.63, 3.8) is 0 Å². The van der Waals surface area contributed by atoms with Gasteiger partial charge >= 0.3 is 0 Å². The van der Waals surface area contributed by atoms with Crippen molar-refractivity contribution in [3.05, 3.63) is 87.9 Å². The molecule has 2 nitrogen and oxygen atoms in total. The van der Waals surface area contributed by atoms with Crippen molar-refractivity contribution in [2.24, 2.45) is 11.8 Å². The van der Waals surface area contributed by atoms with Crippen molar-refractivity contribution in [3.8, 4) is 0 Å². The number of carbonyl (C=O) groups excluding carboxylic acids is 1. The zero-order valence-electron chi connectivity index (χ0n) is 17.8. The second-order valence-corrected chi connectivity index (χ2v) is 10.1. The zero-order chi connectivity index (χ0) is 22.5. The third-order valence-corrected chi connectivity index (χ3v) is 6.75. The molecule has 0 heterocycles. The molecule has 2 aromatic rings. The van der Waals surface area contributed by atoms with Gasteiger partial charge in [-0.05, 0) is 60.2 Å². The fourth-order valence-electron chi connectivity index (χ4n) is 3.34. The summed E-state index contributed by atoms with van der Waals surface area (Å²) in [5, 5.41) is 0.897. The second kappa shape index (κ2) is 10.7. The lowest BCUT2D eigenvalue weighted by Crippen LogP contribution is -2.26. The minimum Gasteiger partial charge on any atom is -0.278 e. The van der Waals surface area contributed by atoms with Crippen LogP contribution in [-0.2, 0) is 4.79 Å². The van der Waals surface area contributed by atoms with E-state index in [0.717, 1.165) is 16.0 Å². The van der Waals surface area contributed by atoms with Crippen molar-refractivity contribution in [2.45, 2.75) is 37.8 Å². The molecule has 0 N–H and O–H groups in total. The largest absolute Gasteiger partial charge is 0.278 e. The van der Waals surface area contributed by atoms with E-state index in [1.54, 1.807) is 22.5 Å². The van der Waals surface area contributed by atoms with Crippen LogP contribution in [0.1, 0.15) is 32.3 Å². The SMILES string of the molecule is CC(/C=C/C1C(F)C1c1ccc(Cl)c(Cl)c1)=C\C(=O)N(CC(C)C)Sc1ccccc1. The number of hydrogen-bond donors (Lipinski definition) is 0. The molecule has 1 saturated carbocycles. The Morgan fingerprint density at radius 3 is 2.52 bits per heavy atom. The molecule has 0 aliphatic heterocycles. The Labute approximate surface area is 198 Å². The van der Waals surface area contributed by atoms with Gasteiger partial charge in [-0.3, -0.25) is 9.10 Å². The predicted molar refractivity (Wildman–Crippen MR) is 129 cm³/mol. The highest BCUT2D eigenvalue weighted by Crippen LogP contribution is 2.52. The van der Waals surface area contributed by atoms with Crippen LogP contribution in [0.3, 0.4) is 0 Å². The van der Waals surface area contributed by atoms with Crippen LogP contribution >= 0.6 is 35.1 Å². The quantitative estimate of drug-likeness (QED) is 0.220. The lowest BCUT2D eigenvalue weighted by atomic mass is 10.1. The first-order valence-electron chi connectivity index (χ1n) is 10.3. The first-order chi connectivity index (χ1) is 14.8. The zero-order valence-corrected chi connectivity index (χ0v) is 20.1. The van der Waals surface area contributed by atoms with E-state index in [4.69, 9.17) is 23.2 Å². The van der Waals surface area contributed by atoms with Crippen LogP contribution in [0.4, 0.5) is 4.39 Å². The van der Waals surface area contributed by atoms with Gasteiger partial charge in [0.1, 0.15) is 6.17 Å². The lowest BCUT2D eigenvalue weighted by molar-refractivity contribution is -0.121.